The predicted octanol–water partition coefficient (Wildman–Crippen LogP) is 2.83. The van der Waals surface area contributed by atoms with Gasteiger partial charge in [-0.3, -0.25) is 9.88 Å². The van der Waals surface area contributed by atoms with Crippen LogP contribution < -0.4 is 0 Å². The zero-order chi connectivity index (χ0) is 15.8. The van der Waals surface area contributed by atoms with Crippen molar-refractivity contribution in [2.45, 2.75) is 25.8 Å². The van der Waals surface area contributed by atoms with E-state index in [9.17, 15) is 0 Å². The molecule has 0 bridgehead atoms. The first-order valence-electron chi connectivity index (χ1n) is 8.68. The fraction of sp³-hybridized carbons (Fsp3) is 0.450. The molecule has 2 heterocycles. The van der Waals surface area contributed by atoms with Crippen molar-refractivity contribution in [1.82, 2.24) is 14.8 Å². The van der Waals surface area contributed by atoms with Gasteiger partial charge in [0.1, 0.15) is 0 Å². The Labute approximate surface area is 139 Å². The molecule has 3 heteroatoms. The molecule has 4 rings (SSSR count). The number of likely N-dealkylation sites (N-methyl/N-ethyl adjacent to an activating group) is 1. The lowest BCUT2D eigenvalue weighted by Gasteiger charge is -2.38. The second-order valence-electron chi connectivity index (χ2n) is 6.99. The van der Waals surface area contributed by atoms with Crippen molar-refractivity contribution < 1.29 is 0 Å². The highest BCUT2D eigenvalue weighted by Gasteiger charge is 2.31. The van der Waals surface area contributed by atoms with Crippen LogP contribution in [0.25, 0.3) is 0 Å². The Morgan fingerprint density at radius 3 is 2.61 bits per heavy atom. The maximum Gasteiger partial charge on any atom is 0.0782 e. The zero-order valence-electron chi connectivity index (χ0n) is 14.1. The molecule has 3 nitrogen and oxygen atoms in total. The third-order valence-corrected chi connectivity index (χ3v) is 5.34. The number of pyridine rings is 1. The van der Waals surface area contributed by atoms with E-state index >= 15 is 0 Å². The molecule has 0 radical (unpaired) electrons. The molecule has 0 N–H and O–H groups in total. The highest BCUT2D eigenvalue weighted by molar-refractivity contribution is 5.43. The van der Waals surface area contributed by atoms with Gasteiger partial charge < -0.3 is 4.90 Å². The van der Waals surface area contributed by atoms with Crippen molar-refractivity contribution in [1.29, 1.82) is 0 Å². The van der Waals surface area contributed by atoms with Crippen LogP contribution in [0.3, 0.4) is 0 Å². The van der Waals surface area contributed by atoms with Crippen LogP contribution in [0.4, 0.5) is 0 Å². The molecule has 1 aromatic carbocycles. The molecule has 120 valence electrons. The van der Waals surface area contributed by atoms with Gasteiger partial charge in [0.15, 0.2) is 0 Å². The van der Waals surface area contributed by atoms with Gasteiger partial charge in [0.2, 0.25) is 0 Å². The number of benzene rings is 1. The van der Waals surface area contributed by atoms with Crippen LogP contribution >= 0.6 is 0 Å². The molecule has 1 fully saturated rings. The third-order valence-electron chi connectivity index (χ3n) is 5.34. The average Bonchev–Trinajstić information content (AvgIpc) is 2.72. The van der Waals surface area contributed by atoms with Gasteiger partial charge in [0, 0.05) is 32.4 Å². The van der Waals surface area contributed by atoms with Crippen LogP contribution in [-0.4, -0.2) is 48.0 Å². The van der Waals surface area contributed by atoms with Crippen molar-refractivity contribution in [3.05, 3.63) is 64.5 Å². The van der Waals surface area contributed by atoms with E-state index in [1.807, 2.05) is 6.20 Å². The van der Waals surface area contributed by atoms with E-state index in [-0.39, 0.29) is 0 Å². The summed E-state index contributed by atoms with van der Waals surface area (Å²) in [5.74, 6) is 0. The topological polar surface area (TPSA) is 19.4 Å². The number of hydrogen-bond donors (Lipinski definition) is 0. The molecule has 23 heavy (non-hydrogen) atoms. The normalized spacial score (nSPS) is 22.3. The van der Waals surface area contributed by atoms with Gasteiger partial charge in [-0.2, -0.15) is 0 Å². The fourth-order valence-corrected chi connectivity index (χ4v) is 3.99. The third kappa shape index (κ3) is 2.79. The van der Waals surface area contributed by atoms with Gasteiger partial charge in [-0.05, 0) is 49.6 Å². The summed E-state index contributed by atoms with van der Waals surface area (Å²) in [5.41, 5.74) is 7.04. The average molecular weight is 307 g/mol. The van der Waals surface area contributed by atoms with Crippen LogP contribution in [0.15, 0.2) is 36.5 Å². The summed E-state index contributed by atoms with van der Waals surface area (Å²) in [6.07, 6.45) is 4.19. The number of nitrogens with zero attached hydrogens (tertiary/aromatic N) is 3. The van der Waals surface area contributed by atoms with E-state index < -0.39 is 0 Å². The van der Waals surface area contributed by atoms with Crippen molar-refractivity contribution in [3.8, 4) is 0 Å². The summed E-state index contributed by atoms with van der Waals surface area (Å²) >= 11 is 0. The quantitative estimate of drug-likeness (QED) is 0.807. The molecule has 0 amide bonds. The number of fused-ring (bicyclic) bond motifs is 2. The fourth-order valence-electron chi connectivity index (χ4n) is 3.99. The molecule has 1 unspecified atom stereocenters. The first-order valence-corrected chi connectivity index (χ1v) is 8.68. The maximum atomic E-state index is 4.82. The second kappa shape index (κ2) is 6.06. The zero-order valence-corrected chi connectivity index (χ0v) is 14.1. The number of aromatic nitrogens is 1. The highest BCUT2D eigenvalue weighted by atomic mass is 15.3. The first-order chi connectivity index (χ1) is 11.2. The molecule has 1 aliphatic carbocycles. The minimum Gasteiger partial charge on any atom is -0.304 e. The Balaban J connectivity index is 1.81. The SMILES string of the molecule is Cc1ccc2c(c1)CCc1cccnc1C2N1CCN(C)CC1. The van der Waals surface area contributed by atoms with Gasteiger partial charge in [-0.15, -0.1) is 0 Å². The summed E-state index contributed by atoms with van der Waals surface area (Å²) in [6.45, 7) is 6.70. The summed E-state index contributed by atoms with van der Waals surface area (Å²) in [5, 5.41) is 0. The van der Waals surface area contributed by atoms with Crippen LogP contribution in [0.2, 0.25) is 0 Å². The second-order valence-corrected chi connectivity index (χ2v) is 6.99. The number of piperazine rings is 1. The first kappa shape index (κ1) is 14.9. The van der Waals surface area contributed by atoms with Gasteiger partial charge in [-0.1, -0.05) is 29.8 Å². The van der Waals surface area contributed by atoms with E-state index in [2.05, 4.69) is 54.1 Å². The molecule has 1 aliphatic heterocycles. The minimum absolute atomic E-state index is 0.318. The van der Waals surface area contributed by atoms with Gasteiger partial charge in [-0.25, -0.2) is 0 Å². The van der Waals surface area contributed by atoms with Gasteiger partial charge in [0.25, 0.3) is 0 Å². The van der Waals surface area contributed by atoms with E-state index in [0.29, 0.717) is 6.04 Å². The highest BCUT2D eigenvalue weighted by Crippen LogP contribution is 2.36. The lowest BCUT2D eigenvalue weighted by molar-refractivity contribution is 0.125. The number of hydrogen-bond acceptors (Lipinski definition) is 3. The van der Waals surface area contributed by atoms with E-state index in [4.69, 9.17) is 4.98 Å². The number of aryl methyl sites for hydroxylation is 3. The summed E-state index contributed by atoms with van der Waals surface area (Å²) in [6, 6.07) is 11.7. The van der Waals surface area contributed by atoms with Crippen LogP contribution in [0, 0.1) is 6.92 Å². The largest absolute Gasteiger partial charge is 0.304 e. The Morgan fingerprint density at radius 1 is 1.00 bits per heavy atom. The van der Waals surface area contributed by atoms with Gasteiger partial charge >= 0.3 is 0 Å². The standard InChI is InChI=1S/C20H25N3/c1-15-5-8-18-17(14-15)7-6-16-4-3-9-21-19(16)20(18)23-12-10-22(2)11-13-23/h3-5,8-9,14,20H,6-7,10-13H2,1-2H3. The Hall–Kier alpha value is -1.71. The van der Waals surface area contributed by atoms with E-state index in [1.54, 1.807) is 0 Å². The van der Waals surface area contributed by atoms with Gasteiger partial charge in [0.05, 0.1) is 11.7 Å². The van der Waals surface area contributed by atoms with Crippen LogP contribution in [0.5, 0.6) is 0 Å². The molecule has 1 aromatic heterocycles. The van der Waals surface area contributed by atoms with E-state index in [1.165, 1.54) is 27.9 Å². The van der Waals surface area contributed by atoms with Crippen LogP contribution in [-0.2, 0) is 12.8 Å². The molecule has 0 spiro atoms. The lowest BCUT2D eigenvalue weighted by atomic mass is 9.95. The number of rotatable bonds is 1. The van der Waals surface area contributed by atoms with Crippen molar-refractivity contribution in [2.24, 2.45) is 0 Å². The Bertz CT molecular complexity index is 702. The monoisotopic (exact) mass is 307 g/mol. The molecular formula is C20H25N3. The summed E-state index contributed by atoms with van der Waals surface area (Å²) in [7, 11) is 2.22. The summed E-state index contributed by atoms with van der Waals surface area (Å²) < 4.78 is 0. The lowest BCUT2D eigenvalue weighted by Crippen LogP contribution is -2.46. The molecule has 0 saturated carbocycles. The molecule has 1 saturated heterocycles. The Morgan fingerprint density at radius 2 is 1.78 bits per heavy atom. The smallest absolute Gasteiger partial charge is 0.0782 e. The van der Waals surface area contributed by atoms with Crippen molar-refractivity contribution in [3.63, 3.8) is 0 Å². The molecule has 2 aromatic rings. The van der Waals surface area contributed by atoms with Crippen LogP contribution in [0.1, 0.15) is 34.0 Å². The molecule has 2 aliphatic rings. The predicted molar refractivity (Wildman–Crippen MR) is 93.7 cm³/mol. The summed E-state index contributed by atoms with van der Waals surface area (Å²) in [4.78, 5) is 9.87. The minimum atomic E-state index is 0.318. The molecular weight excluding hydrogens is 282 g/mol. The Kier molecular flexibility index (Phi) is 3.92. The van der Waals surface area contributed by atoms with Crippen molar-refractivity contribution >= 4 is 0 Å². The molecule has 1 atom stereocenters. The maximum absolute atomic E-state index is 4.82. The van der Waals surface area contributed by atoms with E-state index in [0.717, 1.165) is 39.0 Å². The van der Waals surface area contributed by atoms with Crippen molar-refractivity contribution in [2.75, 3.05) is 33.2 Å².